The van der Waals surface area contributed by atoms with E-state index in [-0.39, 0.29) is 24.8 Å². The highest BCUT2D eigenvalue weighted by Gasteiger charge is 2.26. The van der Waals surface area contributed by atoms with E-state index in [0.29, 0.717) is 6.42 Å². The minimum absolute atomic E-state index is 0.153. The molecule has 4 heterocycles. The van der Waals surface area contributed by atoms with E-state index >= 15 is 0 Å². The maximum Gasteiger partial charge on any atom is 0.310 e. The highest BCUT2D eigenvalue weighted by Crippen LogP contribution is 2.30. The molecule has 0 fully saturated rings. The second kappa shape index (κ2) is 13.8. The third-order valence-electron chi connectivity index (χ3n) is 8.74. The fourth-order valence-electron chi connectivity index (χ4n) is 6.16. The number of nitrogens with one attached hydrogen (secondary N) is 4. The third kappa shape index (κ3) is 6.58. The van der Waals surface area contributed by atoms with Crippen LogP contribution in [0.4, 0.5) is 0 Å². The van der Waals surface area contributed by atoms with Crippen molar-refractivity contribution >= 4 is 36.5 Å². The fourth-order valence-corrected chi connectivity index (χ4v) is 6.16. The Hall–Kier alpha value is -4.20. The van der Waals surface area contributed by atoms with Crippen LogP contribution in [0.15, 0.2) is 33.7 Å². The summed E-state index contributed by atoms with van der Waals surface area (Å²) in [5, 5.41) is 0. The van der Waals surface area contributed by atoms with E-state index in [0.717, 1.165) is 82.1 Å². The lowest BCUT2D eigenvalue weighted by Gasteiger charge is -2.07. The van der Waals surface area contributed by atoms with Crippen molar-refractivity contribution in [2.24, 2.45) is 0 Å². The molecule has 8 heteroatoms. The van der Waals surface area contributed by atoms with E-state index in [9.17, 15) is 9.59 Å². The topological polar surface area (TPSA) is 112 Å². The zero-order valence-electron chi connectivity index (χ0n) is 26.9. The maximum atomic E-state index is 12.5. The molecule has 0 amide bonds. The van der Waals surface area contributed by atoms with Gasteiger partial charge in [-0.2, -0.15) is 0 Å². The predicted molar refractivity (Wildman–Crippen MR) is 171 cm³/mol. The van der Waals surface area contributed by atoms with Gasteiger partial charge in [0.2, 0.25) is 11.4 Å². The van der Waals surface area contributed by atoms with E-state index < -0.39 is 0 Å². The van der Waals surface area contributed by atoms with E-state index in [2.05, 4.69) is 72.2 Å². The molecule has 0 unspecified atom stereocenters. The first-order chi connectivity index (χ1) is 20.7. The number of carbonyl (C=O) groups excluding carboxylic acids is 2. The Kier molecular flexibility index (Phi) is 10.2. The molecule has 2 aromatic heterocycles. The molecule has 0 aromatic carbocycles. The number of allylic oxidation sites excluding steroid dienone is 4. The van der Waals surface area contributed by atoms with E-state index in [1.807, 2.05) is 13.8 Å². The van der Waals surface area contributed by atoms with Crippen LogP contribution in [0.1, 0.15) is 98.4 Å². The maximum absolute atomic E-state index is 12.5. The number of esters is 2. The van der Waals surface area contributed by atoms with Gasteiger partial charge in [0.25, 0.3) is 0 Å². The molecule has 0 saturated heterocycles. The molecule has 2 aromatic rings. The molecule has 0 radical (unpaired) electrons. The number of rotatable bonds is 12. The van der Waals surface area contributed by atoms with Crippen molar-refractivity contribution in [1.29, 1.82) is 0 Å². The summed E-state index contributed by atoms with van der Waals surface area (Å²) >= 11 is 0. The van der Waals surface area contributed by atoms with Gasteiger partial charge in [-0.3, -0.25) is 9.59 Å². The van der Waals surface area contributed by atoms with Crippen LogP contribution in [-0.4, -0.2) is 48.6 Å². The molecule has 0 aliphatic carbocycles. The molecular weight excluding hydrogens is 540 g/mol. The lowest BCUT2D eigenvalue weighted by Crippen LogP contribution is -2.64. The molecular formula is C35H46N4O4+2. The largest absolute Gasteiger partial charge is 0.469 e. The lowest BCUT2D eigenvalue weighted by molar-refractivity contribution is -0.381. The van der Waals surface area contributed by atoms with Crippen molar-refractivity contribution < 1.29 is 29.0 Å². The van der Waals surface area contributed by atoms with Gasteiger partial charge >= 0.3 is 11.9 Å². The van der Waals surface area contributed by atoms with Gasteiger partial charge in [-0.05, 0) is 61.8 Å². The predicted octanol–water partition coefficient (Wildman–Crippen LogP) is 3.23. The normalized spacial score (nSPS) is 16.5. The molecule has 8 nitrogen and oxygen atoms in total. The van der Waals surface area contributed by atoms with Gasteiger partial charge in [-0.1, -0.05) is 27.7 Å². The summed E-state index contributed by atoms with van der Waals surface area (Å²) in [4.78, 5) is 39.2. The summed E-state index contributed by atoms with van der Waals surface area (Å²) in [6.07, 6.45) is 13.0. The van der Waals surface area contributed by atoms with Crippen molar-refractivity contribution in [2.75, 3.05) is 14.2 Å². The average molecular weight is 587 g/mol. The van der Waals surface area contributed by atoms with Crippen LogP contribution in [0.2, 0.25) is 0 Å². The second-order valence-electron chi connectivity index (χ2n) is 11.0. The van der Waals surface area contributed by atoms with E-state index in [4.69, 9.17) is 9.47 Å². The smallest absolute Gasteiger partial charge is 0.310 e. The quantitative estimate of drug-likeness (QED) is 0.286. The van der Waals surface area contributed by atoms with Gasteiger partial charge in [-0.25, -0.2) is 9.98 Å². The lowest BCUT2D eigenvalue weighted by atomic mass is 9.99. The van der Waals surface area contributed by atoms with Crippen molar-refractivity contribution in [3.05, 3.63) is 78.7 Å². The zero-order chi connectivity index (χ0) is 31.3. The molecule has 2 aliphatic rings. The molecule has 0 spiro atoms. The SMILES string of the molecule is CCC1=C(CC)/C(=C/c2[nH]c(Cc3[nH]c(/C=C4\[NH+]=CC(CC)=C4CC)c(C)c3CC(=O)OC)c(CC(=O)OC)c2C)[NH+]=C1. The van der Waals surface area contributed by atoms with E-state index in [1.165, 1.54) is 36.5 Å². The molecule has 0 bridgehead atoms. The number of ether oxygens (including phenoxy) is 2. The summed E-state index contributed by atoms with van der Waals surface area (Å²) < 4.78 is 10.1. The van der Waals surface area contributed by atoms with Crippen LogP contribution >= 0.6 is 0 Å². The summed E-state index contributed by atoms with van der Waals surface area (Å²) in [7, 11) is 2.82. The number of aromatic amines is 2. The first-order valence-electron chi connectivity index (χ1n) is 15.3. The van der Waals surface area contributed by atoms with Crippen molar-refractivity contribution in [3.8, 4) is 0 Å². The third-order valence-corrected chi connectivity index (χ3v) is 8.74. The zero-order valence-corrected chi connectivity index (χ0v) is 26.9. The highest BCUT2D eigenvalue weighted by atomic mass is 16.5. The van der Waals surface area contributed by atoms with Gasteiger partial charge < -0.3 is 19.4 Å². The molecule has 0 atom stereocenters. The fraction of sp³-hybridized carbons (Fsp3) is 0.429. The summed E-state index contributed by atoms with van der Waals surface area (Å²) in [6, 6.07) is 0. The minimum Gasteiger partial charge on any atom is -0.469 e. The number of carbonyl (C=O) groups is 2. The Labute approximate surface area is 254 Å². The Bertz CT molecular complexity index is 1490. The molecule has 228 valence electrons. The summed E-state index contributed by atoms with van der Waals surface area (Å²) in [5.41, 5.74) is 14.9. The standard InChI is InChI=1S/C35H44N4O4/c1-9-22-18-36-30(24(22)11-3)15-28-20(5)26(13-34(40)42-7)32(38-28)17-33-27(14-35(41)43-8)21(6)29(39-33)16-31-25(12-4)23(10-2)19-37-31/h15-16,18-19,38-39H,9-14,17H2,1-8H3/p+2/b30-15-,31-16-. The van der Waals surface area contributed by atoms with Gasteiger partial charge in [0, 0.05) is 63.6 Å². The van der Waals surface area contributed by atoms with Gasteiger partial charge in [-0.15, -0.1) is 0 Å². The first kappa shape index (κ1) is 31.7. The van der Waals surface area contributed by atoms with Gasteiger partial charge in [0.05, 0.1) is 27.1 Å². The summed E-state index contributed by atoms with van der Waals surface area (Å²) in [6.45, 7) is 12.7. The average Bonchev–Trinajstić information content (AvgIpc) is 3.75. The van der Waals surface area contributed by atoms with Crippen molar-refractivity contribution in [2.45, 2.75) is 86.5 Å². The number of hydrogen-bond donors (Lipinski definition) is 4. The first-order valence-corrected chi connectivity index (χ1v) is 15.3. The highest BCUT2D eigenvalue weighted by molar-refractivity contribution is 5.82. The van der Waals surface area contributed by atoms with Gasteiger partial charge in [0.15, 0.2) is 12.4 Å². The van der Waals surface area contributed by atoms with Crippen LogP contribution in [0.3, 0.4) is 0 Å². The monoisotopic (exact) mass is 586 g/mol. The van der Waals surface area contributed by atoms with Crippen molar-refractivity contribution in [3.63, 3.8) is 0 Å². The number of aromatic nitrogens is 2. The number of H-pyrrole nitrogens is 2. The van der Waals surface area contributed by atoms with Crippen LogP contribution in [0.5, 0.6) is 0 Å². The Morgan fingerprint density at radius 3 is 1.42 bits per heavy atom. The second-order valence-corrected chi connectivity index (χ2v) is 11.0. The van der Waals surface area contributed by atoms with Crippen LogP contribution in [0.25, 0.3) is 12.2 Å². The minimum atomic E-state index is -0.297. The molecule has 2 aliphatic heterocycles. The molecule has 4 N–H and O–H groups in total. The molecule has 4 rings (SSSR count). The van der Waals surface area contributed by atoms with Crippen molar-refractivity contribution in [1.82, 2.24) is 9.97 Å². The number of methoxy groups -OCH3 is 2. The van der Waals surface area contributed by atoms with Crippen LogP contribution in [0, 0.1) is 13.8 Å². The Balaban J connectivity index is 1.81. The summed E-state index contributed by atoms with van der Waals surface area (Å²) in [5.74, 6) is -0.594. The van der Waals surface area contributed by atoms with E-state index in [1.54, 1.807) is 0 Å². The van der Waals surface area contributed by atoms with Crippen LogP contribution in [-0.2, 0) is 38.3 Å². The van der Waals surface area contributed by atoms with Gasteiger partial charge in [0.1, 0.15) is 0 Å². The Morgan fingerprint density at radius 1 is 0.698 bits per heavy atom. The molecule has 43 heavy (non-hydrogen) atoms. The molecule has 0 saturated carbocycles. The number of hydrogen-bond acceptors (Lipinski definition) is 4. The Morgan fingerprint density at radius 2 is 1.09 bits per heavy atom. The van der Waals surface area contributed by atoms with Crippen LogP contribution < -0.4 is 9.98 Å².